The number of benzene rings is 1. The minimum Gasteiger partial charge on any atom is -0.453 e. The zero-order valence-electron chi connectivity index (χ0n) is 7.62. The maximum atomic E-state index is 5.64. The van der Waals surface area contributed by atoms with Gasteiger partial charge in [0.1, 0.15) is 5.75 Å². The third-order valence-electron chi connectivity index (χ3n) is 1.84. The van der Waals surface area contributed by atoms with E-state index in [1.165, 1.54) is 0 Å². The molecule has 0 saturated carbocycles. The van der Waals surface area contributed by atoms with Crippen LogP contribution in [0.5, 0.6) is 11.5 Å². The molecule has 2 rings (SSSR count). The number of nitrogens with one attached hydrogen (secondary N) is 1. The summed E-state index contributed by atoms with van der Waals surface area (Å²) in [5.41, 5.74) is 0.917. The number of H-pyrrole nitrogens is 1. The standard InChI is InChI=1S/C10H9BrN2O/c1-7-10(6-12-13-7)14-9-5-3-2-4-8(9)11/h2-6H,1H3,(H,12,13). The summed E-state index contributed by atoms with van der Waals surface area (Å²) >= 11 is 3.41. The molecule has 0 bridgehead atoms. The summed E-state index contributed by atoms with van der Waals surface area (Å²) in [6.07, 6.45) is 1.66. The van der Waals surface area contributed by atoms with Crippen molar-refractivity contribution in [2.24, 2.45) is 0 Å². The second-order valence-corrected chi connectivity index (χ2v) is 3.75. The Morgan fingerprint density at radius 3 is 2.71 bits per heavy atom. The Kier molecular flexibility index (Phi) is 2.54. The first-order valence-electron chi connectivity index (χ1n) is 4.20. The van der Waals surface area contributed by atoms with Crippen molar-refractivity contribution in [3.05, 3.63) is 40.6 Å². The van der Waals surface area contributed by atoms with Crippen LogP contribution in [0.4, 0.5) is 0 Å². The van der Waals surface area contributed by atoms with Gasteiger partial charge in [0.15, 0.2) is 5.75 Å². The summed E-state index contributed by atoms with van der Waals surface area (Å²) in [5.74, 6) is 1.54. The molecule has 0 spiro atoms. The first-order valence-corrected chi connectivity index (χ1v) is 4.99. The fourth-order valence-electron chi connectivity index (χ4n) is 1.09. The zero-order valence-corrected chi connectivity index (χ0v) is 9.21. The van der Waals surface area contributed by atoms with Crippen LogP contribution >= 0.6 is 15.9 Å². The van der Waals surface area contributed by atoms with Gasteiger partial charge in [-0.2, -0.15) is 5.10 Å². The van der Waals surface area contributed by atoms with Gasteiger partial charge >= 0.3 is 0 Å². The average molecular weight is 253 g/mol. The highest BCUT2D eigenvalue weighted by molar-refractivity contribution is 9.10. The Hall–Kier alpha value is -1.29. The smallest absolute Gasteiger partial charge is 0.167 e. The van der Waals surface area contributed by atoms with Crippen LogP contribution in [-0.2, 0) is 0 Å². The minimum atomic E-state index is 0.747. The monoisotopic (exact) mass is 252 g/mol. The van der Waals surface area contributed by atoms with Crippen LogP contribution in [-0.4, -0.2) is 10.2 Å². The number of nitrogens with zero attached hydrogens (tertiary/aromatic N) is 1. The van der Waals surface area contributed by atoms with Crippen molar-refractivity contribution in [1.29, 1.82) is 0 Å². The zero-order chi connectivity index (χ0) is 9.97. The van der Waals surface area contributed by atoms with E-state index < -0.39 is 0 Å². The second-order valence-electron chi connectivity index (χ2n) is 2.89. The second kappa shape index (κ2) is 3.84. The number of rotatable bonds is 2. The molecule has 1 N–H and O–H groups in total. The van der Waals surface area contributed by atoms with Gasteiger partial charge in [-0.05, 0) is 35.0 Å². The van der Waals surface area contributed by atoms with Gasteiger partial charge in [0, 0.05) is 0 Å². The van der Waals surface area contributed by atoms with Crippen LogP contribution in [0.1, 0.15) is 5.69 Å². The molecule has 0 aliphatic carbocycles. The average Bonchev–Trinajstić information content (AvgIpc) is 2.56. The molecule has 0 unspecified atom stereocenters. The van der Waals surface area contributed by atoms with Crippen molar-refractivity contribution < 1.29 is 4.74 Å². The molecule has 14 heavy (non-hydrogen) atoms. The van der Waals surface area contributed by atoms with Crippen LogP contribution in [0.25, 0.3) is 0 Å². The lowest BCUT2D eigenvalue weighted by molar-refractivity contribution is 0.476. The van der Waals surface area contributed by atoms with Gasteiger partial charge < -0.3 is 4.74 Å². The number of hydrogen-bond acceptors (Lipinski definition) is 2. The van der Waals surface area contributed by atoms with Crippen molar-refractivity contribution in [3.8, 4) is 11.5 Å². The predicted molar refractivity (Wildman–Crippen MR) is 57.5 cm³/mol. The highest BCUT2D eigenvalue weighted by atomic mass is 79.9. The molecule has 1 aromatic heterocycles. The molecule has 0 saturated heterocycles. The summed E-state index contributed by atoms with van der Waals surface area (Å²) in [5, 5.41) is 6.70. The number of aromatic amines is 1. The Morgan fingerprint density at radius 2 is 2.07 bits per heavy atom. The normalized spacial score (nSPS) is 10.1. The molecule has 0 amide bonds. The minimum absolute atomic E-state index is 0.747. The molecular weight excluding hydrogens is 244 g/mol. The van der Waals surface area contributed by atoms with Crippen molar-refractivity contribution in [3.63, 3.8) is 0 Å². The SMILES string of the molecule is Cc1[nH]ncc1Oc1ccccc1Br. The highest BCUT2D eigenvalue weighted by Crippen LogP contribution is 2.29. The van der Waals surface area contributed by atoms with Crippen molar-refractivity contribution >= 4 is 15.9 Å². The van der Waals surface area contributed by atoms with E-state index >= 15 is 0 Å². The Morgan fingerprint density at radius 1 is 1.29 bits per heavy atom. The number of para-hydroxylation sites is 1. The summed E-state index contributed by atoms with van der Waals surface area (Å²) in [6, 6.07) is 7.70. The summed E-state index contributed by atoms with van der Waals surface area (Å²) in [7, 11) is 0. The van der Waals surface area contributed by atoms with Gasteiger partial charge in [-0.25, -0.2) is 0 Å². The maximum absolute atomic E-state index is 5.64. The van der Waals surface area contributed by atoms with E-state index in [-0.39, 0.29) is 0 Å². The summed E-state index contributed by atoms with van der Waals surface area (Å²) in [6.45, 7) is 1.92. The molecule has 3 nitrogen and oxygen atoms in total. The Balaban J connectivity index is 2.28. The lowest BCUT2D eigenvalue weighted by Gasteiger charge is -2.05. The number of ether oxygens (including phenoxy) is 1. The van der Waals surface area contributed by atoms with E-state index in [0.29, 0.717) is 0 Å². The van der Waals surface area contributed by atoms with Crippen molar-refractivity contribution in [2.75, 3.05) is 0 Å². The molecular formula is C10H9BrN2O. The molecule has 0 radical (unpaired) electrons. The maximum Gasteiger partial charge on any atom is 0.167 e. The fraction of sp³-hybridized carbons (Fsp3) is 0.100. The molecule has 4 heteroatoms. The first-order chi connectivity index (χ1) is 6.77. The molecule has 1 aromatic carbocycles. The van der Waals surface area contributed by atoms with E-state index in [1.54, 1.807) is 6.20 Å². The largest absolute Gasteiger partial charge is 0.453 e. The van der Waals surface area contributed by atoms with E-state index in [0.717, 1.165) is 21.7 Å². The van der Waals surface area contributed by atoms with Gasteiger partial charge in [-0.15, -0.1) is 0 Å². The van der Waals surface area contributed by atoms with E-state index in [1.807, 2.05) is 31.2 Å². The summed E-state index contributed by atoms with van der Waals surface area (Å²) in [4.78, 5) is 0. The van der Waals surface area contributed by atoms with Gasteiger partial charge in [0.2, 0.25) is 0 Å². The molecule has 0 fully saturated rings. The van der Waals surface area contributed by atoms with Crippen LogP contribution in [0.3, 0.4) is 0 Å². The Labute approximate surface area is 90.2 Å². The fourth-order valence-corrected chi connectivity index (χ4v) is 1.45. The van der Waals surface area contributed by atoms with E-state index in [9.17, 15) is 0 Å². The molecule has 1 heterocycles. The molecule has 0 atom stereocenters. The quantitative estimate of drug-likeness (QED) is 0.891. The van der Waals surface area contributed by atoms with Gasteiger partial charge in [0.25, 0.3) is 0 Å². The highest BCUT2D eigenvalue weighted by Gasteiger charge is 2.04. The molecule has 0 aliphatic rings. The van der Waals surface area contributed by atoms with Crippen LogP contribution in [0.2, 0.25) is 0 Å². The predicted octanol–water partition coefficient (Wildman–Crippen LogP) is 3.27. The molecule has 72 valence electrons. The topological polar surface area (TPSA) is 37.9 Å². The van der Waals surface area contributed by atoms with Crippen molar-refractivity contribution in [2.45, 2.75) is 6.92 Å². The lowest BCUT2D eigenvalue weighted by atomic mass is 10.3. The van der Waals surface area contributed by atoms with Crippen LogP contribution in [0.15, 0.2) is 34.9 Å². The van der Waals surface area contributed by atoms with Gasteiger partial charge in [-0.1, -0.05) is 12.1 Å². The number of hydrogen-bond donors (Lipinski definition) is 1. The van der Waals surface area contributed by atoms with Gasteiger partial charge in [0.05, 0.1) is 16.4 Å². The van der Waals surface area contributed by atoms with E-state index in [4.69, 9.17) is 4.74 Å². The van der Waals surface area contributed by atoms with Crippen LogP contribution < -0.4 is 4.74 Å². The van der Waals surface area contributed by atoms with Crippen molar-refractivity contribution in [1.82, 2.24) is 10.2 Å². The third-order valence-corrected chi connectivity index (χ3v) is 2.50. The number of halogens is 1. The number of aryl methyl sites for hydroxylation is 1. The van der Waals surface area contributed by atoms with Gasteiger partial charge in [-0.3, -0.25) is 5.10 Å². The first kappa shape index (κ1) is 9.27. The van der Waals surface area contributed by atoms with Crippen LogP contribution in [0, 0.1) is 6.92 Å². The third kappa shape index (κ3) is 1.80. The number of aromatic nitrogens is 2. The van der Waals surface area contributed by atoms with E-state index in [2.05, 4.69) is 26.1 Å². The molecule has 0 aliphatic heterocycles. The summed E-state index contributed by atoms with van der Waals surface area (Å²) < 4.78 is 6.57. The Bertz CT molecular complexity index is 439. The lowest BCUT2D eigenvalue weighted by Crippen LogP contribution is -1.85. The molecule has 2 aromatic rings.